The average Bonchev–Trinajstić information content (AvgIpc) is 4.30. The number of aromatic nitrogens is 3. The van der Waals surface area contributed by atoms with Crippen molar-refractivity contribution in [2.45, 2.75) is 103 Å². The van der Waals surface area contributed by atoms with Crippen LogP contribution in [0.25, 0.3) is 10.4 Å². The number of thiazole rings is 2. The molecule has 1 aliphatic carbocycles. The highest BCUT2D eigenvalue weighted by molar-refractivity contribution is 7.13. The van der Waals surface area contributed by atoms with Gasteiger partial charge in [-0.2, -0.15) is 0 Å². The summed E-state index contributed by atoms with van der Waals surface area (Å²) in [6.07, 6.45) is 3.69. The summed E-state index contributed by atoms with van der Waals surface area (Å²) in [5, 5.41) is 29.0. The van der Waals surface area contributed by atoms with E-state index in [4.69, 9.17) is 35.5 Å². The van der Waals surface area contributed by atoms with E-state index in [0.717, 1.165) is 32.5 Å². The third kappa shape index (κ3) is 18.6. The molecule has 2 aromatic carbocycles. The Morgan fingerprint density at radius 1 is 0.886 bits per heavy atom. The molecule has 0 radical (unpaired) electrons. The minimum absolute atomic E-state index is 0.00274. The first-order chi connectivity index (χ1) is 38.1. The summed E-state index contributed by atoms with van der Waals surface area (Å²) >= 11 is 9.05. The van der Waals surface area contributed by atoms with E-state index in [1.807, 2.05) is 81.1 Å². The van der Waals surface area contributed by atoms with Crippen LogP contribution in [-0.2, 0) is 46.4 Å². The zero-order chi connectivity index (χ0) is 56.2. The van der Waals surface area contributed by atoms with Crippen molar-refractivity contribution in [1.82, 2.24) is 41.1 Å². The Hall–Kier alpha value is -5.33. The third-order valence-electron chi connectivity index (χ3n) is 14.1. The van der Waals surface area contributed by atoms with Crippen LogP contribution in [0.15, 0.2) is 77.8 Å². The molecular weight excluding hydrogens is 1070 g/mol. The molecule has 4 heterocycles. The Labute approximate surface area is 475 Å². The predicted molar refractivity (Wildman–Crippen MR) is 304 cm³/mol. The highest BCUT2D eigenvalue weighted by Gasteiger charge is 2.45. The number of amides is 2. The SMILES string of the molecule is Cc1ncsc1-c1ccc(CNC(=O)[C@@H]2C[C@@H](O)CN2C(=O)[C@@H](NCC(=O)CCNCCOCCOCCOCCNCC(=O)C2(Cc3cccc(Nc4nccs4)n3)CCC(Oc3cccc(Cl)c3F)CC2)C(C)(C)C)cc1. The normalized spacial score (nSPS) is 18.8. The largest absolute Gasteiger partial charge is 0.487 e. The Morgan fingerprint density at radius 3 is 2.28 bits per heavy atom. The van der Waals surface area contributed by atoms with Gasteiger partial charge in [0, 0.05) is 74.7 Å². The van der Waals surface area contributed by atoms with Crippen LogP contribution in [0.4, 0.5) is 15.3 Å². The minimum atomic E-state index is -0.839. The molecule has 6 N–H and O–H groups in total. The smallest absolute Gasteiger partial charge is 0.243 e. The Bertz CT molecular complexity index is 2720. The maximum absolute atomic E-state index is 14.7. The van der Waals surface area contributed by atoms with Crippen LogP contribution in [0.5, 0.6) is 5.75 Å². The fraction of sp³-hybridized carbons (Fsp3) is 0.526. The van der Waals surface area contributed by atoms with Crippen LogP contribution in [0.3, 0.4) is 0 Å². The number of aliphatic hydroxyl groups excluding tert-OH is 1. The van der Waals surface area contributed by atoms with Gasteiger partial charge in [0.1, 0.15) is 17.6 Å². The van der Waals surface area contributed by atoms with E-state index in [0.29, 0.717) is 97.2 Å². The number of hydrogen-bond acceptors (Lipinski definition) is 18. The molecule has 428 valence electrons. The number of pyridine rings is 1. The Kier molecular flexibility index (Phi) is 23.6. The molecule has 0 spiro atoms. The lowest BCUT2D eigenvalue weighted by atomic mass is 9.67. The maximum Gasteiger partial charge on any atom is 0.243 e. The second kappa shape index (κ2) is 30.5. The highest BCUT2D eigenvalue weighted by atomic mass is 35.5. The van der Waals surface area contributed by atoms with Crippen LogP contribution in [-0.4, -0.2) is 152 Å². The van der Waals surface area contributed by atoms with Gasteiger partial charge in [-0.05, 0) is 73.4 Å². The second-order valence-electron chi connectivity index (χ2n) is 21.0. The molecule has 1 aliphatic heterocycles. The summed E-state index contributed by atoms with van der Waals surface area (Å²) in [5.41, 5.74) is 4.26. The Morgan fingerprint density at radius 2 is 1.59 bits per heavy atom. The van der Waals surface area contributed by atoms with E-state index in [1.165, 1.54) is 22.3 Å². The van der Waals surface area contributed by atoms with Crippen molar-refractivity contribution in [2.75, 3.05) is 84.2 Å². The summed E-state index contributed by atoms with van der Waals surface area (Å²) in [6, 6.07) is 16.7. The number of halogens is 2. The van der Waals surface area contributed by atoms with Crippen LogP contribution >= 0.6 is 34.3 Å². The third-order valence-corrected chi connectivity index (χ3v) is 16.0. The van der Waals surface area contributed by atoms with Gasteiger partial charge < -0.3 is 50.2 Å². The number of carbonyl (C=O) groups is 4. The van der Waals surface area contributed by atoms with E-state index >= 15 is 0 Å². The van der Waals surface area contributed by atoms with Gasteiger partial charge >= 0.3 is 0 Å². The topological polar surface area (TPSA) is 227 Å². The number of hydrogen-bond donors (Lipinski definition) is 6. The van der Waals surface area contributed by atoms with Gasteiger partial charge in [-0.25, -0.2) is 19.3 Å². The summed E-state index contributed by atoms with van der Waals surface area (Å²) in [5.74, 6) is -0.482. The van der Waals surface area contributed by atoms with Crippen molar-refractivity contribution in [1.29, 1.82) is 0 Å². The van der Waals surface area contributed by atoms with Crippen molar-refractivity contribution in [3.05, 3.63) is 106 Å². The first-order valence-electron chi connectivity index (χ1n) is 27.0. The lowest BCUT2D eigenvalue weighted by Gasteiger charge is -2.39. The number of β-amino-alcohol motifs (C(OH)–C–C–N with tert-alkyl or cyclic N) is 1. The fourth-order valence-electron chi connectivity index (χ4n) is 9.73. The molecular formula is C57H75ClFN9O9S2. The summed E-state index contributed by atoms with van der Waals surface area (Å²) in [4.78, 5) is 70.4. The standard InChI is InChI=1S/C57H75ClFN9O9S2/c1-38-51(79-37-65-38)40-13-11-39(12-14-40)33-64-53(72)46-31-43(70)36-68(46)54(73)52(56(2,3)4)63-34-42(69)17-20-60-21-24-74-26-28-76-29-27-75-25-22-61-35-48(71)57(32-41-7-5-10-49(66-41)67-55-62-23-30-78-55)18-15-44(16-19-57)77-47-9-6-8-45(58)50(47)59/h5-14,23,30,37,43-44,46,52,60-61,63,70H,15-22,24-29,31-36H2,1-4H3,(H,64,72)(H,62,66,67)/t43-,44?,46+,52-,57?/m1/s1. The van der Waals surface area contributed by atoms with E-state index in [9.17, 15) is 28.7 Å². The summed E-state index contributed by atoms with van der Waals surface area (Å²) in [7, 11) is 0. The molecule has 2 aliphatic rings. The molecule has 2 fully saturated rings. The number of ether oxygens (including phenoxy) is 4. The van der Waals surface area contributed by atoms with Gasteiger partial charge in [0.25, 0.3) is 0 Å². The molecule has 7 rings (SSSR count). The number of rotatable bonds is 32. The van der Waals surface area contributed by atoms with Crippen LogP contribution in [0, 0.1) is 23.6 Å². The summed E-state index contributed by atoms with van der Waals surface area (Å²) in [6.45, 7) is 11.9. The molecule has 0 unspecified atom stereocenters. The molecule has 18 nitrogen and oxygen atoms in total. The van der Waals surface area contributed by atoms with Gasteiger partial charge in [-0.1, -0.05) is 68.8 Å². The first kappa shape index (κ1) is 61.3. The van der Waals surface area contributed by atoms with Gasteiger partial charge in [0.2, 0.25) is 11.8 Å². The highest BCUT2D eigenvalue weighted by Crippen LogP contribution is 2.42. The zero-order valence-corrected chi connectivity index (χ0v) is 47.9. The molecule has 3 atom stereocenters. The van der Waals surface area contributed by atoms with E-state index in [-0.39, 0.29) is 79.3 Å². The van der Waals surface area contributed by atoms with Crippen LogP contribution < -0.4 is 31.3 Å². The van der Waals surface area contributed by atoms with Crippen molar-refractivity contribution in [2.24, 2.45) is 10.8 Å². The molecule has 79 heavy (non-hydrogen) atoms. The van der Waals surface area contributed by atoms with Gasteiger partial charge in [-0.15, -0.1) is 22.7 Å². The number of carbonyl (C=O) groups excluding carboxylic acids is 4. The average molecular weight is 1150 g/mol. The van der Waals surface area contributed by atoms with Crippen LogP contribution in [0.2, 0.25) is 5.02 Å². The van der Waals surface area contributed by atoms with E-state index in [2.05, 4.69) is 36.6 Å². The van der Waals surface area contributed by atoms with Gasteiger partial charge in [-0.3, -0.25) is 24.5 Å². The number of aryl methyl sites for hydroxylation is 1. The van der Waals surface area contributed by atoms with E-state index in [1.54, 1.807) is 29.7 Å². The van der Waals surface area contributed by atoms with E-state index < -0.39 is 34.8 Å². The number of likely N-dealkylation sites (tertiary alicyclic amines) is 1. The lowest BCUT2D eigenvalue weighted by Crippen LogP contribution is -2.57. The number of Topliss-reactive ketones (excluding diaryl/α,β-unsaturated/α-hetero) is 2. The quantitative estimate of drug-likeness (QED) is 0.0236. The molecule has 2 amide bonds. The van der Waals surface area contributed by atoms with Crippen molar-refractivity contribution < 1.29 is 47.6 Å². The number of ketones is 2. The molecule has 1 saturated carbocycles. The number of anilines is 2. The maximum atomic E-state index is 14.7. The molecule has 5 aromatic rings. The number of benzene rings is 2. The fourth-order valence-corrected chi connectivity index (χ4v) is 11.2. The predicted octanol–water partition coefficient (Wildman–Crippen LogP) is 7.10. The number of nitrogens with zero attached hydrogens (tertiary/aromatic N) is 4. The lowest BCUT2D eigenvalue weighted by molar-refractivity contribution is -0.142. The molecule has 1 saturated heterocycles. The molecule has 0 bridgehead atoms. The van der Waals surface area contributed by atoms with Crippen LogP contribution in [0.1, 0.15) is 76.2 Å². The van der Waals surface area contributed by atoms with Crippen molar-refractivity contribution in [3.8, 4) is 16.2 Å². The zero-order valence-electron chi connectivity index (χ0n) is 45.5. The van der Waals surface area contributed by atoms with Crippen molar-refractivity contribution in [3.63, 3.8) is 0 Å². The molecule has 3 aromatic heterocycles. The monoisotopic (exact) mass is 1150 g/mol. The number of aliphatic hydroxyl groups is 1. The summed E-state index contributed by atoms with van der Waals surface area (Å²) < 4.78 is 37.8. The number of nitrogens with one attached hydrogen (secondary N) is 5. The molecule has 22 heteroatoms. The van der Waals surface area contributed by atoms with Crippen molar-refractivity contribution >= 4 is 68.6 Å². The van der Waals surface area contributed by atoms with Gasteiger partial charge in [0.15, 0.2) is 22.5 Å². The minimum Gasteiger partial charge on any atom is -0.487 e. The first-order valence-corrected chi connectivity index (χ1v) is 29.1. The second-order valence-corrected chi connectivity index (χ2v) is 23.2. The van der Waals surface area contributed by atoms with Gasteiger partial charge in [0.05, 0.1) is 92.1 Å². The Balaban J connectivity index is 0.723.